The Morgan fingerprint density at radius 2 is 2.00 bits per heavy atom. The molecule has 0 radical (unpaired) electrons. The lowest BCUT2D eigenvalue weighted by Gasteiger charge is -2.05. The van der Waals surface area contributed by atoms with Crippen LogP contribution in [0, 0.1) is 0 Å². The number of nitrogens with zero attached hydrogens (tertiary/aromatic N) is 2. The van der Waals surface area contributed by atoms with Gasteiger partial charge in [-0.15, -0.1) is 0 Å². The summed E-state index contributed by atoms with van der Waals surface area (Å²) in [5, 5.41) is 3.22. The van der Waals surface area contributed by atoms with Crippen LogP contribution in [0.4, 0.5) is 5.82 Å². The van der Waals surface area contributed by atoms with Crippen LogP contribution in [0.3, 0.4) is 0 Å². The van der Waals surface area contributed by atoms with Gasteiger partial charge in [0.1, 0.15) is 11.0 Å². The summed E-state index contributed by atoms with van der Waals surface area (Å²) >= 11 is 14.8. The first-order valence-corrected chi connectivity index (χ1v) is 6.35. The fraction of sp³-hybridized carbons (Fsp3) is 0. The lowest BCUT2D eigenvalue weighted by Crippen LogP contribution is -2.13. The van der Waals surface area contributed by atoms with Gasteiger partial charge in [0.2, 0.25) is 0 Å². The third-order valence-corrected chi connectivity index (χ3v) is 2.98. The molecule has 0 aliphatic rings. The molecule has 1 N–H and O–H groups in total. The first-order valence-electron chi connectivity index (χ1n) is 4.80. The van der Waals surface area contributed by atoms with Gasteiger partial charge >= 0.3 is 0 Å². The van der Waals surface area contributed by atoms with Crippen LogP contribution < -0.4 is 5.32 Å². The monoisotopic (exact) mass is 345 g/mol. The van der Waals surface area contributed by atoms with Crippen molar-refractivity contribution in [1.82, 2.24) is 9.97 Å². The van der Waals surface area contributed by atoms with E-state index in [-0.39, 0.29) is 16.6 Å². The number of hydrogen-bond acceptors (Lipinski definition) is 3. The summed E-state index contributed by atoms with van der Waals surface area (Å²) in [4.78, 5) is 19.8. The van der Waals surface area contributed by atoms with Gasteiger partial charge in [0.15, 0.2) is 0 Å². The number of rotatable bonds is 2. The second kappa shape index (κ2) is 5.65. The van der Waals surface area contributed by atoms with Crippen LogP contribution >= 0.6 is 39.1 Å². The number of aromatic nitrogens is 2. The minimum Gasteiger partial charge on any atom is -0.306 e. The smallest absolute Gasteiger partial charge is 0.259 e. The predicted molar refractivity (Wildman–Crippen MR) is 74.1 cm³/mol. The molecule has 0 aliphatic heterocycles. The Hall–Kier alpha value is -1.17. The lowest BCUT2D eigenvalue weighted by atomic mass is 10.2. The van der Waals surface area contributed by atoms with Crippen molar-refractivity contribution >= 4 is 50.9 Å². The highest BCUT2D eigenvalue weighted by atomic mass is 79.9. The fourth-order valence-corrected chi connectivity index (χ4v) is 1.85. The molecular weight excluding hydrogens is 341 g/mol. The SMILES string of the molecule is O=C(Nc1ccc(Cl)cn1)c1cc(Br)cnc1Cl. The molecule has 0 aromatic carbocycles. The largest absolute Gasteiger partial charge is 0.306 e. The van der Waals surface area contributed by atoms with Gasteiger partial charge in [-0.3, -0.25) is 4.79 Å². The topological polar surface area (TPSA) is 54.9 Å². The van der Waals surface area contributed by atoms with Crippen LogP contribution in [0.2, 0.25) is 10.2 Å². The van der Waals surface area contributed by atoms with Crippen molar-refractivity contribution in [1.29, 1.82) is 0 Å². The molecule has 92 valence electrons. The molecule has 2 aromatic rings. The van der Waals surface area contributed by atoms with Gasteiger partial charge in [0, 0.05) is 16.9 Å². The molecule has 2 aromatic heterocycles. The summed E-state index contributed by atoms with van der Waals surface area (Å²) < 4.78 is 0.668. The van der Waals surface area contributed by atoms with Crippen molar-refractivity contribution < 1.29 is 4.79 Å². The molecule has 0 bridgehead atoms. The van der Waals surface area contributed by atoms with Gasteiger partial charge in [-0.2, -0.15) is 0 Å². The predicted octanol–water partition coefficient (Wildman–Crippen LogP) is 3.80. The van der Waals surface area contributed by atoms with Crippen molar-refractivity contribution in [2.45, 2.75) is 0 Å². The second-order valence-electron chi connectivity index (χ2n) is 3.31. The quantitative estimate of drug-likeness (QED) is 0.841. The standard InChI is InChI=1S/C11H6BrCl2N3O/c12-6-3-8(10(14)16-4-6)11(18)17-9-2-1-7(13)5-15-9/h1-5H,(H,15,17,18). The number of carbonyl (C=O) groups is 1. The van der Waals surface area contributed by atoms with E-state index in [2.05, 4.69) is 31.2 Å². The van der Waals surface area contributed by atoms with Gasteiger partial charge in [-0.25, -0.2) is 9.97 Å². The van der Waals surface area contributed by atoms with Gasteiger partial charge in [0.25, 0.3) is 5.91 Å². The van der Waals surface area contributed by atoms with E-state index in [0.29, 0.717) is 15.3 Å². The Bertz CT molecular complexity index is 589. The van der Waals surface area contributed by atoms with E-state index in [1.54, 1.807) is 18.2 Å². The Balaban J connectivity index is 2.21. The van der Waals surface area contributed by atoms with E-state index in [1.165, 1.54) is 12.4 Å². The molecule has 0 saturated heterocycles. The molecule has 0 saturated carbocycles. The molecule has 1 amide bonds. The van der Waals surface area contributed by atoms with Crippen molar-refractivity contribution in [3.63, 3.8) is 0 Å². The summed E-state index contributed by atoms with van der Waals surface area (Å²) in [7, 11) is 0. The van der Waals surface area contributed by atoms with Crippen molar-refractivity contribution in [2.24, 2.45) is 0 Å². The summed E-state index contributed by atoms with van der Waals surface area (Å²) in [5.74, 6) is 0.00376. The minimum atomic E-state index is -0.386. The van der Waals surface area contributed by atoms with Crippen molar-refractivity contribution in [3.05, 3.63) is 50.8 Å². The molecule has 0 unspecified atom stereocenters. The molecule has 7 heteroatoms. The fourth-order valence-electron chi connectivity index (χ4n) is 1.22. The zero-order valence-electron chi connectivity index (χ0n) is 8.82. The van der Waals surface area contributed by atoms with Gasteiger partial charge < -0.3 is 5.32 Å². The summed E-state index contributed by atoms with van der Waals surface area (Å²) in [5.41, 5.74) is 0.266. The molecule has 2 heterocycles. The highest BCUT2D eigenvalue weighted by molar-refractivity contribution is 9.10. The van der Waals surface area contributed by atoms with Crippen LogP contribution in [0.5, 0.6) is 0 Å². The Kier molecular flexibility index (Phi) is 4.16. The second-order valence-corrected chi connectivity index (χ2v) is 5.02. The van der Waals surface area contributed by atoms with Gasteiger partial charge in [-0.1, -0.05) is 23.2 Å². The Labute approximate surface area is 121 Å². The van der Waals surface area contributed by atoms with Crippen molar-refractivity contribution in [2.75, 3.05) is 5.32 Å². The average molecular weight is 347 g/mol. The van der Waals surface area contributed by atoms with Gasteiger partial charge in [0.05, 0.1) is 10.6 Å². The average Bonchev–Trinajstić information content (AvgIpc) is 2.35. The summed E-state index contributed by atoms with van der Waals surface area (Å²) in [6, 6.07) is 4.81. The highest BCUT2D eigenvalue weighted by Gasteiger charge is 2.12. The molecule has 18 heavy (non-hydrogen) atoms. The molecule has 0 aliphatic carbocycles. The van der Waals surface area contributed by atoms with E-state index in [1.807, 2.05) is 0 Å². The maximum absolute atomic E-state index is 11.9. The van der Waals surface area contributed by atoms with Crippen LogP contribution in [0.25, 0.3) is 0 Å². The van der Waals surface area contributed by atoms with E-state index < -0.39 is 0 Å². The Morgan fingerprint density at radius 3 is 2.67 bits per heavy atom. The maximum atomic E-state index is 11.9. The van der Waals surface area contributed by atoms with E-state index in [0.717, 1.165) is 0 Å². The first kappa shape index (κ1) is 13.3. The number of carbonyl (C=O) groups excluding carboxylic acids is 1. The lowest BCUT2D eigenvalue weighted by molar-refractivity contribution is 0.102. The summed E-state index contributed by atoms with van der Waals surface area (Å²) in [6.45, 7) is 0. The number of pyridine rings is 2. The molecule has 4 nitrogen and oxygen atoms in total. The number of nitrogens with one attached hydrogen (secondary N) is 1. The van der Waals surface area contributed by atoms with E-state index in [4.69, 9.17) is 23.2 Å². The first-order chi connectivity index (χ1) is 8.56. The molecular formula is C11H6BrCl2N3O. The maximum Gasteiger partial charge on any atom is 0.259 e. The molecule has 0 fully saturated rings. The number of hydrogen-bond donors (Lipinski definition) is 1. The van der Waals surface area contributed by atoms with Crippen LogP contribution in [-0.2, 0) is 0 Å². The van der Waals surface area contributed by atoms with E-state index in [9.17, 15) is 4.79 Å². The minimum absolute atomic E-state index is 0.129. The number of halogens is 3. The van der Waals surface area contributed by atoms with Gasteiger partial charge in [-0.05, 0) is 34.1 Å². The zero-order chi connectivity index (χ0) is 13.1. The van der Waals surface area contributed by atoms with Crippen molar-refractivity contribution in [3.8, 4) is 0 Å². The van der Waals surface area contributed by atoms with E-state index >= 15 is 0 Å². The molecule has 0 atom stereocenters. The highest BCUT2D eigenvalue weighted by Crippen LogP contribution is 2.19. The van der Waals surface area contributed by atoms with Crippen LogP contribution in [0.15, 0.2) is 35.1 Å². The Morgan fingerprint density at radius 1 is 1.22 bits per heavy atom. The molecule has 2 rings (SSSR count). The molecule has 0 spiro atoms. The normalized spacial score (nSPS) is 10.2. The van der Waals surface area contributed by atoms with Crippen LogP contribution in [-0.4, -0.2) is 15.9 Å². The third-order valence-electron chi connectivity index (χ3n) is 2.02. The number of anilines is 1. The third kappa shape index (κ3) is 3.19. The summed E-state index contributed by atoms with van der Waals surface area (Å²) in [6.07, 6.45) is 2.96. The zero-order valence-corrected chi connectivity index (χ0v) is 11.9. The number of amides is 1. The van der Waals surface area contributed by atoms with Crippen LogP contribution in [0.1, 0.15) is 10.4 Å².